The van der Waals surface area contributed by atoms with Crippen molar-refractivity contribution in [1.82, 2.24) is 0 Å². The minimum atomic E-state index is -1.39. The van der Waals surface area contributed by atoms with E-state index in [9.17, 15) is 24.3 Å². The minimum Gasteiger partial charge on any atom is -0.463 e. The number of hydrogen-bond donors (Lipinski definition) is 2. The molecule has 30 heavy (non-hydrogen) atoms. The van der Waals surface area contributed by atoms with Crippen LogP contribution in [0.2, 0.25) is 0 Å². The van der Waals surface area contributed by atoms with Gasteiger partial charge in [-0.05, 0) is 0 Å². The minimum absolute atomic E-state index is 0.0671. The molecule has 2 N–H and O–H groups in total. The van der Waals surface area contributed by atoms with Crippen LogP contribution in [0.15, 0.2) is 0 Å². The largest absolute Gasteiger partial charge is 0.463 e. The van der Waals surface area contributed by atoms with Gasteiger partial charge in [-0.1, -0.05) is 0 Å². The fourth-order valence-electron chi connectivity index (χ4n) is 2.93. The average Bonchev–Trinajstić information content (AvgIpc) is 2.62. The molecule has 6 atom stereocenters. The van der Waals surface area contributed by atoms with Crippen LogP contribution < -0.4 is 0 Å². The Labute approximate surface area is 173 Å². The topological polar surface area (TPSA) is 164 Å². The molecule has 0 aliphatic carbocycles. The highest BCUT2D eigenvalue weighted by atomic mass is 16.7. The molecule has 0 bridgehead atoms. The van der Waals surface area contributed by atoms with Crippen molar-refractivity contribution in [2.24, 2.45) is 0 Å². The lowest BCUT2D eigenvalue weighted by Crippen LogP contribution is -2.65. The van der Waals surface area contributed by atoms with E-state index in [1.807, 2.05) is 0 Å². The maximum atomic E-state index is 11.7. The standard InChI is InChI=1S/C18H28O12/c1-9(20)26-8-14-16(27-10(2)21)18(29-12(4)23)17(28-11(3)22)15(30-14)13(24)7-25-6-5-19/h13-19,24H,5-8H2,1-4H3/t13?,14-,15+,16-,17+,18+/m1/s1. The summed E-state index contributed by atoms with van der Waals surface area (Å²) < 4.78 is 31.5. The van der Waals surface area contributed by atoms with Crippen LogP contribution in [-0.2, 0) is 47.6 Å². The van der Waals surface area contributed by atoms with E-state index in [0.717, 1.165) is 27.7 Å². The fourth-order valence-corrected chi connectivity index (χ4v) is 2.93. The van der Waals surface area contributed by atoms with Gasteiger partial charge in [-0.3, -0.25) is 19.2 Å². The van der Waals surface area contributed by atoms with Crippen LogP contribution in [0.1, 0.15) is 27.7 Å². The molecular formula is C18H28O12. The summed E-state index contributed by atoms with van der Waals surface area (Å²) in [6.45, 7) is 3.41. The van der Waals surface area contributed by atoms with Crippen molar-refractivity contribution in [3.8, 4) is 0 Å². The first-order valence-corrected chi connectivity index (χ1v) is 9.24. The summed E-state index contributed by atoms with van der Waals surface area (Å²) in [4.78, 5) is 46.2. The monoisotopic (exact) mass is 436 g/mol. The summed E-state index contributed by atoms with van der Waals surface area (Å²) in [6, 6.07) is 0. The van der Waals surface area contributed by atoms with E-state index in [-0.39, 0.29) is 19.8 Å². The molecule has 1 unspecified atom stereocenters. The molecule has 0 saturated carbocycles. The summed E-state index contributed by atoms with van der Waals surface area (Å²) in [7, 11) is 0. The van der Waals surface area contributed by atoms with Crippen LogP contribution in [0.3, 0.4) is 0 Å². The van der Waals surface area contributed by atoms with E-state index in [0.29, 0.717) is 0 Å². The van der Waals surface area contributed by atoms with Crippen molar-refractivity contribution < 1.29 is 57.8 Å². The molecule has 0 spiro atoms. The number of hydrogen-bond acceptors (Lipinski definition) is 12. The second-order valence-corrected chi connectivity index (χ2v) is 6.53. The van der Waals surface area contributed by atoms with Gasteiger partial charge >= 0.3 is 23.9 Å². The summed E-state index contributed by atoms with van der Waals surface area (Å²) in [5.74, 6) is -2.93. The predicted molar refractivity (Wildman–Crippen MR) is 95.9 cm³/mol. The van der Waals surface area contributed by atoms with Crippen LogP contribution >= 0.6 is 0 Å². The second-order valence-electron chi connectivity index (χ2n) is 6.53. The van der Waals surface area contributed by atoms with E-state index in [2.05, 4.69) is 0 Å². The molecule has 1 rings (SSSR count). The number of carbonyl (C=O) groups excluding carboxylic acids is 4. The Balaban J connectivity index is 3.28. The van der Waals surface area contributed by atoms with E-state index in [1.165, 1.54) is 0 Å². The summed E-state index contributed by atoms with van der Waals surface area (Å²) >= 11 is 0. The second kappa shape index (κ2) is 12.4. The zero-order chi connectivity index (χ0) is 22.8. The fraction of sp³-hybridized carbons (Fsp3) is 0.778. The van der Waals surface area contributed by atoms with Crippen molar-refractivity contribution in [3.63, 3.8) is 0 Å². The Morgan fingerprint density at radius 3 is 1.90 bits per heavy atom. The Morgan fingerprint density at radius 2 is 1.40 bits per heavy atom. The molecule has 0 aromatic rings. The number of rotatable bonds is 10. The number of carbonyl (C=O) groups is 4. The van der Waals surface area contributed by atoms with Crippen LogP contribution in [0.25, 0.3) is 0 Å². The SMILES string of the molecule is CC(=O)OC[C@H]1O[C@@H](C(O)COCCO)[C@H](OC(C)=O)[C@@H](OC(C)=O)[C@@H]1OC(C)=O. The molecule has 172 valence electrons. The molecule has 12 heteroatoms. The van der Waals surface area contributed by atoms with E-state index >= 15 is 0 Å². The number of esters is 4. The molecule has 12 nitrogen and oxygen atoms in total. The molecule has 1 heterocycles. The maximum absolute atomic E-state index is 11.7. The highest BCUT2D eigenvalue weighted by molar-refractivity contribution is 5.68. The van der Waals surface area contributed by atoms with Crippen LogP contribution in [0.4, 0.5) is 0 Å². The lowest BCUT2D eigenvalue weighted by molar-refractivity contribution is -0.268. The van der Waals surface area contributed by atoms with Crippen molar-refractivity contribution in [2.45, 2.75) is 64.3 Å². The quantitative estimate of drug-likeness (QED) is 0.231. The smallest absolute Gasteiger partial charge is 0.303 e. The molecule has 1 saturated heterocycles. The van der Waals surface area contributed by atoms with E-state index in [1.54, 1.807) is 0 Å². The predicted octanol–water partition coefficient (Wildman–Crippen LogP) is -1.52. The molecule has 0 aromatic carbocycles. The Hall–Kier alpha value is -2.28. The summed E-state index contributed by atoms with van der Waals surface area (Å²) in [5, 5.41) is 19.3. The van der Waals surface area contributed by atoms with Crippen LogP contribution in [0, 0.1) is 0 Å². The molecular weight excluding hydrogens is 408 g/mol. The molecule has 0 amide bonds. The average molecular weight is 436 g/mol. The molecule has 0 aromatic heterocycles. The zero-order valence-corrected chi connectivity index (χ0v) is 17.3. The Morgan fingerprint density at radius 1 is 0.867 bits per heavy atom. The normalized spacial score (nSPS) is 26.9. The maximum Gasteiger partial charge on any atom is 0.303 e. The van der Waals surface area contributed by atoms with Gasteiger partial charge < -0.3 is 38.6 Å². The van der Waals surface area contributed by atoms with Gasteiger partial charge in [-0.15, -0.1) is 0 Å². The highest BCUT2D eigenvalue weighted by Crippen LogP contribution is 2.31. The third kappa shape index (κ3) is 8.22. The molecule has 1 aliphatic heterocycles. The lowest BCUT2D eigenvalue weighted by atomic mass is 9.91. The number of aliphatic hydroxyl groups excluding tert-OH is 2. The van der Waals surface area contributed by atoms with Gasteiger partial charge in [0.2, 0.25) is 0 Å². The van der Waals surface area contributed by atoms with Gasteiger partial charge in [0.1, 0.15) is 24.9 Å². The zero-order valence-electron chi connectivity index (χ0n) is 17.3. The van der Waals surface area contributed by atoms with Crippen molar-refractivity contribution in [1.29, 1.82) is 0 Å². The first-order chi connectivity index (χ1) is 14.1. The van der Waals surface area contributed by atoms with Gasteiger partial charge in [-0.25, -0.2) is 0 Å². The molecule has 1 aliphatic rings. The van der Waals surface area contributed by atoms with Gasteiger partial charge in [-0.2, -0.15) is 0 Å². The Kier molecular flexibility index (Phi) is 10.7. The molecule has 0 radical (unpaired) electrons. The van der Waals surface area contributed by atoms with Gasteiger partial charge in [0, 0.05) is 27.7 Å². The highest BCUT2D eigenvalue weighted by Gasteiger charge is 2.54. The van der Waals surface area contributed by atoms with Gasteiger partial charge in [0.25, 0.3) is 0 Å². The van der Waals surface area contributed by atoms with Crippen LogP contribution in [0.5, 0.6) is 0 Å². The first kappa shape index (κ1) is 25.8. The van der Waals surface area contributed by atoms with Crippen molar-refractivity contribution in [3.05, 3.63) is 0 Å². The lowest BCUT2D eigenvalue weighted by Gasteiger charge is -2.45. The Bertz CT molecular complexity index is 606. The van der Waals surface area contributed by atoms with Crippen LogP contribution in [-0.4, -0.2) is 97.1 Å². The molecule has 1 fully saturated rings. The summed E-state index contributed by atoms with van der Waals surface area (Å²) in [6.07, 6.45) is -7.84. The van der Waals surface area contributed by atoms with Gasteiger partial charge in [0.15, 0.2) is 18.3 Å². The number of aliphatic hydroxyl groups is 2. The van der Waals surface area contributed by atoms with Gasteiger partial charge in [0.05, 0.1) is 19.8 Å². The third-order valence-corrected chi connectivity index (χ3v) is 3.93. The first-order valence-electron chi connectivity index (χ1n) is 9.24. The van der Waals surface area contributed by atoms with Crippen molar-refractivity contribution >= 4 is 23.9 Å². The van der Waals surface area contributed by atoms with Crippen molar-refractivity contribution in [2.75, 3.05) is 26.4 Å². The number of ether oxygens (including phenoxy) is 6. The summed E-state index contributed by atoms with van der Waals surface area (Å²) in [5.41, 5.74) is 0. The van der Waals surface area contributed by atoms with E-state index < -0.39 is 67.1 Å². The van der Waals surface area contributed by atoms with E-state index in [4.69, 9.17) is 33.5 Å². The third-order valence-electron chi connectivity index (χ3n) is 3.93.